The number of nitrogens with one attached hydrogen (secondary N) is 2. The molecule has 0 spiro atoms. The van der Waals surface area contributed by atoms with Gasteiger partial charge in [-0.15, -0.1) is 34.2 Å². The summed E-state index contributed by atoms with van der Waals surface area (Å²) in [6.45, 7) is 7.85. The molecule has 1 aromatic heterocycles. The number of aliphatic imine (C=N–C) groups is 1. The number of likely N-dealkylation sites (tertiary alicyclic amines) is 1. The molecular formula is C17H30IN7O. The van der Waals surface area contributed by atoms with Crippen LogP contribution in [-0.4, -0.2) is 57.2 Å². The zero-order chi connectivity index (χ0) is 17.6. The molecule has 1 amide bonds. The van der Waals surface area contributed by atoms with Gasteiger partial charge in [-0.1, -0.05) is 6.92 Å². The highest BCUT2D eigenvalue weighted by molar-refractivity contribution is 14.0. The molecule has 146 valence electrons. The van der Waals surface area contributed by atoms with Crippen molar-refractivity contribution in [2.45, 2.75) is 65.1 Å². The lowest BCUT2D eigenvalue weighted by Gasteiger charge is -2.19. The minimum absolute atomic E-state index is 0. The number of amides is 1. The van der Waals surface area contributed by atoms with E-state index in [1.54, 1.807) is 0 Å². The second-order valence-corrected chi connectivity index (χ2v) is 6.66. The summed E-state index contributed by atoms with van der Waals surface area (Å²) in [4.78, 5) is 18.4. The molecule has 1 aromatic rings. The van der Waals surface area contributed by atoms with Gasteiger partial charge in [-0.05, 0) is 26.2 Å². The Morgan fingerprint density at radius 1 is 1.27 bits per heavy atom. The lowest BCUT2D eigenvalue weighted by atomic mass is 10.2. The van der Waals surface area contributed by atoms with Crippen LogP contribution in [0.5, 0.6) is 0 Å². The molecule has 3 heterocycles. The lowest BCUT2D eigenvalue weighted by molar-refractivity contribution is -0.129. The van der Waals surface area contributed by atoms with Crippen LogP contribution in [0.25, 0.3) is 0 Å². The van der Waals surface area contributed by atoms with E-state index in [9.17, 15) is 4.79 Å². The summed E-state index contributed by atoms with van der Waals surface area (Å²) in [5.74, 6) is 3.02. The minimum atomic E-state index is 0. The lowest BCUT2D eigenvalue weighted by Crippen LogP contribution is -2.45. The molecule has 0 aliphatic carbocycles. The second kappa shape index (κ2) is 10.1. The number of guanidine groups is 1. The topological polar surface area (TPSA) is 87.4 Å². The first-order valence-electron chi connectivity index (χ1n) is 9.44. The summed E-state index contributed by atoms with van der Waals surface area (Å²) in [7, 11) is 0. The van der Waals surface area contributed by atoms with E-state index in [4.69, 9.17) is 0 Å². The predicted molar refractivity (Wildman–Crippen MR) is 112 cm³/mol. The molecule has 0 radical (unpaired) electrons. The van der Waals surface area contributed by atoms with E-state index in [-0.39, 0.29) is 35.9 Å². The number of carbonyl (C=O) groups excluding carboxylic acids is 1. The number of fused-ring (bicyclic) bond motifs is 1. The maximum Gasteiger partial charge on any atom is 0.222 e. The van der Waals surface area contributed by atoms with Gasteiger partial charge in [0.15, 0.2) is 11.8 Å². The van der Waals surface area contributed by atoms with Crippen LogP contribution >= 0.6 is 24.0 Å². The van der Waals surface area contributed by atoms with E-state index in [1.807, 2.05) is 11.8 Å². The van der Waals surface area contributed by atoms with Gasteiger partial charge in [-0.3, -0.25) is 4.79 Å². The van der Waals surface area contributed by atoms with Crippen molar-refractivity contribution >= 4 is 35.8 Å². The molecule has 1 fully saturated rings. The number of aromatic nitrogens is 3. The van der Waals surface area contributed by atoms with Crippen molar-refractivity contribution in [1.29, 1.82) is 0 Å². The van der Waals surface area contributed by atoms with Gasteiger partial charge in [0, 0.05) is 45.1 Å². The standard InChI is InChI=1S/C17H29N7O.HI/c1-3-16(25)23-10-8-13(12-23)20-17(18-4-2)19-11-15-22-21-14-7-5-6-9-24(14)15;/h13H,3-12H2,1-2H3,(H2,18,19,20);1H. The van der Waals surface area contributed by atoms with E-state index < -0.39 is 0 Å². The molecule has 8 nitrogen and oxygen atoms in total. The Kier molecular flexibility index (Phi) is 8.11. The van der Waals surface area contributed by atoms with Crippen LogP contribution in [0.3, 0.4) is 0 Å². The quantitative estimate of drug-likeness (QED) is 0.381. The number of hydrogen-bond donors (Lipinski definition) is 2. The van der Waals surface area contributed by atoms with Crippen molar-refractivity contribution in [2.75, 3.05) is 19.6 Å². The molecule has 1 saturated heterocycles. The molecule has 0 aromatic carbocycles. The van der Waals surface area contributed by atoms with Crippen molar-refractivity contribution in [3.05, 3.63) is 11.6 Å². The van der Waals surface area contributed by atoms with Crippen molar-refractivity contribution in [3.63, 3.8) is 0 Å². The van der Waals surface area contributed by atoms with Crippen LogP contribution in [0, 0.1) is 0 Å². The average molecular weight is 475 g/mol. The summed E-state index contributed by atoms with van der Waals surface area (Å²) >= 11 is 0. The fourth-order valence-electron chi connectivity index (χ4n) is 3.48. The Hall–Kier alpha value is -1.39. The molecule has 2 aliphatic heterocycles. The Balaban J connectivity index is 0.00000243. The maximum absolute atomic E-state index is 11.8. The van der Waals surface area contributed by atoms with Crippen LogP contribution < -0.4 is 10.6 Å². The molecule has 0 bridgehead atoms. The third kappa shape index (κ3) is 5.08. The van der Waals surface area contributed by atoms with Gasteiger partial charge >= 0.3 is 0 Å². The number of carbonyl (C=O) groups is 1. The van der Waals surface area contributed by atoms with E-state index in [0.717, 1.165) is 56.6 Å². The fourth-order valence-corrected chi connectivity index (χ4v) is 3.48. The highest BCUT2D eigenvalue weighted by Gasteiger charge is 2.25. The second-order valence-electron chi connectivity index (χ2n) is 6.66. The first-order valence-corrected chi connectivity index (χ1v) is 9.44. The normalized spacial score (nSPS) is 19.7. The fraction of sp³-hybridized carbons (Fsp3) is 0.765. The SMILES string of the molecule is CCNC(=NCc1nnc2n1CCCC2)NC1CCN(C(=O)CC)C1.I. The van der Waals surface area contributed by atoms with Crippen molar-refractivity contribution in [1.82, 2.24) is 30.3 Å². The summed E-state index contributed by atoms with van der Waals surface area (Å²) < 4.78 is 2.20. The summed E-state index contributed by atoms with van der Waals surface area (Å²) in [6, 6.07) is 0.251. The number of rotatable bonds is 5. The van der Waals surface area contributed by atoms with Crippen molar-refractivity contribution in [2.24, 2.45) is 4.99 Å². The smallest absolute Gasteiger partial charge is 0.222 e. The molecular weight excluding hydrogens is 445 g/mol. The third-order valence-corrected chi connectivity index (χ3v) is 4.84. The van der Waals surface area contributed by atoms with Gasteiger partial charge in [-0.25, -0.2) is 4.99 Å². The Labute approximate surface area is 172 Å². The van der Waals surface area contributed by atoms with Crippen LogP contribution in [0.15, 0.2) is 4.99 Å². The van der Waals surface area contributed by atoms with Crippen LogP contribution in [0.1, 0.15) is 51.2 Å². The minimum Gasteiger partial charge on any atom is -0.357 e. The molecule has 0 saturated carbocycles. The molecule has 26 heavy (non-hydrogen) atoms. The molecule has 2 N–H and O–H groups in total. The average Bonchev–Trinajstić information content (AvgIpc) is 3.26. The zero-order valence-corrected chi connectivity index (χ0v) is 18.0. The highest BCUT2D eigenvalue weighted by Crippen LogP contribution is 2.15. The van der Waals surface area contributed by atoms with Gasteiger partial charge in [0.05, 0.1) is 0 Å². The largest absolute Gasteiger partial charge is 0.357 e. The highest BCUT2D eigenvalue weighted by atomic mass is 127. The Morgan fingerprint density at radius 2 is 2.12 bits per heavy atom. The maximum atomic E-state index is 11.8. The third-order valence-electron chi connectivity index (χ3n) is 4.84. The van der Waals surface area contributed by atoms with Gasteiger partial charge in [-0.2, -0.15) is 0 Å². The summed E-state index contributed by atoms with van der Waals surface area (Å²) in [5.41, 5.74) is 0. The monoisotopic (exact) mass is 475 g/mol. The number of nitrogens with zero attached hydrogens (tertiary/aromatic N) is 5. The Morgan fingerprint density at radius 3 is 2.88 bits per heavy atom. The molecule has 3 rings (SSSR count). The number of aryl methyl sites for hydroxylation is 1. The van der Waals surface area contributed by atoms with Gasteiger partial charge in [0.1, 0.15) is 12.4 Å². The van der Waals surface area contributed by atoms with Gasteiger partial charge < -0.3 is 20.1 Å². The Bertz CT molecular complexity index is 631. The summed E-state index contributed by atoms with van der Waals surface area (Å²) in [5, 5.41) is 15.3. The molecule has 9 heteroatoms. The number of hydrogen-bond acceptors (Lipinski definition) is 4. The van der Waals surface area contributed by atoms with Crippen LogP contribution in [0.2, 0.25) is 0 Å². The van der Waals surface area contributed by atoms with Crippen LogP contribution in [0.4, 0.5) is 0 Å². The zero-order valence-electron chi connectivity index (χ0n) is 15.7. The molecule has 2 aliphatic rings. The first-order chi connectivity index (χ1) is 12.2. The van der Waals surface area contributed by atoms with Gasteiger partial charge in [0.2, 0.25) is 5.91 Å². The van der Waals surface area contributed by atoms with E-state index in [0.29, 0.717) is 13.0 Å². The van der Waals surface area contributed by atoms with Gasteiger partial charge in [0.25, 0.3) is 0 Å². The van der Waals surface area contributed by atoms with E-state index >= 15 is 0 Å². The number of halogens is 1. The molecule has 1 atom stereocenters. The predicted octanol–water partition coefficient (Wildman–Crippen LogP) is 1.30. The summed E-state index contributed by atoms with van der Waals surface area (Å²) in [6.07, 6.45) is 4.91. The van der Waals surface area contributed by atoms with E-state index in [2.05, 4.69) is 37.3 Å². The van der Waals surface area contributed by atoms with E-state index in [1.165, 1.54) is 12.8 Å². The molecule has 1 unspecified atom stereocenters. The van der Waals surface area contributed by atoms with Crippen LogP contribution in [-0.2, 0) is 24.3 Å². The van der Waals surface area contributed by atoms with Crippen molar-refractivity contribution < 1.29 is 4.79 Å². The van der Waals surface area contributed by atoms with Crippen molar-refractivity contribution in [3.8, 4) is 0 Å². The first kappa shape index (κ1) is 20.9.